The van der Waals surface area contributed by atoms with Crippen molar-refractivity contribution < 1.29 is 4.74 Å². The van der Waals surface area contributed by atoms with Gasteiger partial charge in [-0.2, -0.15) is 5.10 Å². The van der Waals surface area contributed by atoms with Crippen molar-refractivity contribution in [2.75, 3.05) is 18.5 Å². The van der Waals surface area contributed by atoms with Gasteiger partial charge in [-0.05, 0) is 36.2 Å². The van der Waals surface area contributed by atoms with E-state index in [1.54, 1.807) is 13.2 Å². The molecule has 0 aliphatic rings. The number of nitrogens with one attached hydrogen (secondary N) is 1. The van der Waals surface area contributed by atoms with E-state index in [0.717, 1.165) is 18.7 Å². The topological polar surface area (TPSA) is 56.1 Å². The molecule has 5 nitrogen and oxygen atoms in total. The zero-order valence-electron chi connectivity index (χ0n) is 10.4. The van der Waals surface area contributed by atoms with Gasteiger partial charge >= 0.3 is 0 Å². The van der Waals surface area contributed by atoms with E-state index in [4.69, 9.17) is 4.74 Å². The van der Waals surface area contributed by atoms with E-state index in [0.29, 0.717) is 11.1 Å². The molecule has 0 aliphatic carbocycles. The van der Waals surface area contributed by atoms with Crippen LogP contribution in [-0.2, 0) is 11.8 Å². The maximum atomic E-state index is 11.6. The maximum absolute atomic E-state index is 11.6. The predicted molar refractivity (Wildman–Crippen MR) is 71.4 cm³/mol. The van der Waals surface area contributed by atoms with Crippen LogP contribution in [0, 0.1) is 0 Å². The molecule has 0 atom stereocenters. The maximum Gasteiger partial charge on any atom is 0.282 e. The zero-order valence-corrected chi connectivity index (χ0v) is 12.0. The van der Waals surface area contributed by atoms with Crippen LogP contribution in [0.4, 0.5) is 5.69 Å². The number of halogens is 1. The summed E-state index contributed by atoms with van der Waals surface area (Å²) in [5, 5.41) is 7.10. The van der Waals surface area contributed by atoms with Crippen molar-refractivity contribution in [3.8, 4) is 0 Å². The van der Waals surface area contributed by atoms with Gasteiger partial charge in [-0.1, -0.05) is 0 Å². The third kappa shape index (κ3) is 4.47. The van der Waals surface area contributed by atoms with Gasteiger partial charge in [-0.25, -0.2) is 4.68 Å². The summed E-state index contributed by atoms with van der Waals surface area (Å²) in [5.41, 5.74) is 0.575. The van der Waals surface area contributed by atoms with Crippen LogP contribution >= 0.6 is 15.9 Å². The third-order valence-corrected chi connectivity index (χ3v) is 2.93. The van der Waals surface area contributed by atoms with Gasteiger partial charge in [0.25, 0.3) is 5.56 Å². The highest BCUT2D eigenvalue weighted by Gasteiger charge is 2.05. The highest BCUT2D eigenvalue weighted by Crippen LogP contribution is 2.15. The fraction of sp³-hybridized carbons (Fsp3) is 0.636. The fourth-order valence-electron chi connectivity index (χ4n) is 1.25. The third-order valence-electron chi connectivity index (χ3n) is 2.17. The molecule has 0 saturated carbocycles. The fourth-order valence-corrected chi connectivity index (χ4v) is 1.75. The first kappa shape index (κ1) is 14.2. The summed E-state index contributed by atoms with van der Waals surface area (Å²) in [6.45, 7) is 5.48. The van der Waals surface area contributed by atoms with Crippen molar-refractivity contribution in [3.05, 3.63) is 21.0 Å². The molecular formula is C11H18BrN3O2. The standard InChI is InChI=1S/C11H18BrN3O2/c1-8(2)17-6-4-5-13-9-7-14-15(3)11(16)10(9)12/h7-8,13H,4-6H2,1-3H3. The van der Waals surface area contributed by atoms with Crippen LogP contribution in [0.1, 0.15) is 20.3 Å². The second kappa shape index (κ2) is 6.76. The van der Waals surface area contributed by atoms with Gasteiger partial charge in [0.2, 0.25) is 0 Å². The minimum atomic E-state index is -0.145. The highest BCUT2D eigenvalue weighted by molar-refractivity contribution is 9.10. The second-order valence-electron chi connectivity index (χ2n) is 4.00. The average molecular weight is 304 g/mol. The summed E-state index contributed by atoms with van der Waals surface area (Å²) >= 11 is 3.26. The smallest absolute Gasteiger partial charge is 0.282 e. The number of ether oxygens (including phenoxy) is 1. The average Bonchev–Trinajstić information content (AvgIpc) is 2.28. The Bertz CT molecular complexity index is 418. The van der Waals surface area contributed by atoms with Gasteiger partial charge in [-0.3, -0.25) is 4.79 Å². The van der Waals surface area contributed by atoms with Crippen LogP contribution in [0.2, 0.25) is 0 Å². The molecule has 1 rings (SSSR count). The van der Waals surface area contributed by atoms with Crippen LogP contribution in [0.25, 0.3) is 0 Å². The van der Waals surface area contributed by atoms with E-state index >= 15 is 0 Å². The Morgan fingerprint density at radius 3 is 2.94 bits per heavy atom. The lowest BCUT2D eigenvalue weighted by molar-refractivity contribution is 0.0787. The summed E-state index contributed by atoms with van der Waals surface area (Å²) in [6.07, 6.45) is 2.78. The Hall–Kier alpha value is -0.880. The van der Waals surface area contributed by atoms with Crippen molar-refractivity contribution in [1.82, 2.24) is 9.78 Å². The molecule has 6 heteroatoms. The predicted octanol–water partition coefficient (Wildman–Crippen LogP) is 1.77. The first-order chi connectivity index (χ1) is 8.02. The zero-order chi connectivity index (χ0) is 12.8. The van der Waals surface area contributed by atoms with E-state index < -0.39 is 0 Å². The van der Waals surface area contributed by atoms with Gasteiger partial charge in [-0.15, -0.1) is 0 Å². The lowest BCUT2D eigenvalue weighted by Gasteiger charge is -2.10. The van der Waals surface area contributed by atoms with Crippen molar-refractivity contribution >= 4 is 21.6 Å². The lowest BCUT2D eigenvalue weighted by atomic mass is 10.4. The number of hydrogen-bond donors (Lipinski definition) is 1. The molecule has 0 radical (unpaired) electrons. The van der Waals surface area contributed by atoms with E-state index in [1.807, 2.05) is 13.8 Å². The van der Waals surface area contributed by atoms with Gasteiger partial charge in [0, 0.05) is 20.2 Å². The Balaban J connectivity index is 2.42. The minimum Gasteiger partial charge on any atom is -0.383 e. The molecule has 17 heavy (non-hydrogen) atoms. The molecule has 0 unspecified atom stereocenters. The van der Waals surface area contributed by atoms with E-state index in [9.17, 15) is 4.79 Å². The second-order valence-corrected chi connectivity index (χ2v) is 4.79. The summed E-state index contributed by atoms with van der Waals surface area (Å²) in [5.74, 6) is 0. The van der Waals surface area contributed by atoms with E-state index in [-0.39, 0.29) is 11.7 Å². The van der Waals surface area contributed by atoms with Crippen molar-refractivity contribution in [2.45, 2.75) is 26.4 Å². The number of aryl methyl sites for hydroxylation is 1. The Morgan fingerprint density at radius 1 is 1.59 bits per heavy atom. The molecule has 0 aromatic carbocycles. The highest BCUT2D eigenvalue weighted by atomic mass is 79.9. The largest absolute Gasteiger partial charge is 0.383 e. The first-order valence-electron chi connectivity index (χ1n) is 5.59. The molecular weight excluding hydrogens is 286 g/mol. The molecule has 0 spiro atoms. The molecule has 1 heterocycles. The summed E-state index contributed by atoms with van der Waals surface area (Å²) in [4.78, 5) is 11.6. The Kier molecular flexibility index (Phi) is 5.64. The van der Waals surface area contributed by atoms with Gasteiger partial charge in [0.05, 0.1) is 18.0 Å². The van der Waals surface area contributed by atoms with Gasteiger partial charge in [0.1, 0.15) is 4.47 Å². The summed E-state index contributed by atoms with van der Waals surface area (Å²) in [7, 11) is 1.62. The van der Waals surface area contributed by atoms with Crippen LogP contribution in [0.15, 0.2) is 15.5 Å². The SMILES string of the molecule is CC(C)OCCCNc1cnn(C)c(=O)c1Br. The lowest BCUT2D eigenvalue weighted by Crippen LogP contribution is -2.21. The number of aromatic nitrogens is 2. The molecule has 1 aromatic rings. The normalized spacial score (nSPS) is 10.9. The Labute approximate surface area is 109 Å². The number of anilines is 1. The van der Waals surface area contributed by atoms with E-state index in [2.05, 4.69) is 26.3 Å². The number of nitrogens with zero attached hydrogens (tertiary/aromatic N) is 2. The molecule has 0 amide bonds. The van der Waals surface area contributed by atoms with Crippen LogP contribution in [-0.4, -0.2) is 29.0 Å². The first-order valence-corrected chi connectivity index (χ1v) is 6.39. The molecule has 0 aliphatic heterocycles. The van der Waals surface area contributed by atoms with E-state index in [1.165, 1.54) is 4.68 Å². The number of rotatable bonds is 6. The quantitative estimate of drug-likeness (QED) is 0.814. The van der Waals surface area contributed by atoms with Crippen molar-refractivity contribution in [3.63, 3.8) is 0 Å². The van der Waals surface area contributed by atoms with Crippen molar-refractivity contribution in [1.29, 1.82) is 0 Å². The molecule has 1 N–H and O–H groups in total. The van der Waals surface area contributed by atoms with Gasteiger partial charge in [0.15, 0.2) is 0 Å². The molecule has 0 saturated heterocycles. The van der Waals surface area contributed by atoms with Crippen molar-refractivity contribution in [2.24, 2.45) is 7.05 Å². The Morgan fingerprint density at radius 2 is 2.29 bits per heavy atom. The van der Waals surface area contributed by atoms with Gasteiger partial charge < -0.3 is 10.1 Å². The van der Waals surface area contributed by atoms with Crippen LogP contribution in [0.3, 0.4) is 0 Å². The molecule has 0 fully saturated rings. The molecule has 96 valence electrons. The van der Waals surface area contributed by atoms with Crippen LogP contribution < -0.4 is 10.9 Å². The summed E-state index contributed by atoms with van der Waals surface area (Å²) in [6, 6.07) is 0. The summed E-state index contributed by atoms with van der Waals surface area (Å²) < 4.78 is 7.22. The monoisotopic (exact) mass is 303 g/mol. The number of hydrogen-bond acceptors (Lipinski definition) is 4. The van der Waals surface area contributed by atoms with Crippen LogP contribution in [0.5, 0.6) is 0 Å². The minimum absolute atomic E-state index is 0.145. The molecule has 0 bridgehead atoms. The molecule has 1 aromatic heterocycles.